The molecule has 0 unspecified atom stereocenters. The normalized spacial score (nSPS) is 14.8. The molecule has 0 aromatic heterocycles. The molecular weight excluding hydrogens is 564 g/mol. The Morgan fingerprint density at radius 3 is 1.70 bits per heavy atom. The molecular formula is C27H28Br2O3S. The largest absolute Gasteiger partial charge is 0.506 e. The van der Waals surface area contributed by atoms with Gasteiger partial charge in [-0.25, -0.2) is 0 Å². The predicted molar refractivity (Wildman–Crippen MR) is 143 cm³/mol. The van der Waals surface area contributed by atoms with Gasteiger partial charge in [0.25, 0.3) is 0 Å². The zero-order valence-electron chi connectivity index (χ0n) is 19.6. The van der Waals surface area contributed by atoms with E-state index in [4.69, 9.17) is 4.18 Å². The first kappa shape index (κ1) is 24.6. The summed E-state index contributed by atoms with van der Waals surface area (Å²) in [6, 6.07) is 12.4. The molecule has 3 nitrogen and oxygen atoms in total. The highest BCUT2D eigenvalue weighted by molar-refractivity contribution is 9.11. The third-order valence-electron chi connectivity index (χ3n) is 6.55. The van der Waals surface area contributed by atoms with E-state index >= 15 is 0 Å². The van der Waals surface area contributed by atoms with Crippen LogP contribution >= 0.6 is 43.9 Å². The van der Waals surface area contributed by atoms with Crippen molar-refractivity contribution < 1.29 is 14.4 Å². The highest BCUT2D eigenvalue weighted by atomic mass is 79.9. The van der Waals surface area contributed by atoms with Crippen LogP contribution in [0.3, 0.4) is 0 Å². The minimum absolute atomic E-state index is 0.126. The van der Waals surface area contributed by atoms with Gasteiger partial charge in [-0.05, 0) is 109 Å². The van der Waals surface area contributed by atoms with Crippen molar-refractivity contribution in [3.63, 3.8) is 0 Å². The van der Waals surface area contributed by atoms with Crippen LogP contribution in [0.1, 0.15) is 78.5 Å². The van der Waals surface area contributed by atoms with E-state index in [2.05, 4.69) is 83.8 Å². The van der Waals surface area contributed by atoms with E-state index in [9.17, 15) is 10.2 Å². The number of benzene rings is 3. The summed E-state index contributed by atoms with van der Waals surface area (Å²) in [6.45, 7) is 12.3. The van der Waals surface area contributed by atoms with Gasteiger partial charge in [-0.1, -0.05) is 45.9 Å². The summed E-state index contributed by atoms with van der Waals surface area (Å²) in [5.41, 5.74) is 5.66. The Balaban J connectivity index is 2.19. The van der Waals surface area contributed by atoms with Gasteiger partial charge in [0.1, 0.15) is 11.5 Å². The lowest BCUT2D eigenvalue weighted by Gasteiger charge is -2.35. The molecule has 1 heterocycles. The second-order valence-electron chi connectivity index (χ2n) is 9.26. The van der Waals surface area contributed by atoms with Crippen molar-refractivity contribution in [2.24, 2.45) is 0 Å². The SMILES string of the molecule is Cc1c(C2(c3cc(C(C)C)c(O)c(Br)c3C)OSc3ccccc32)cc(C(C)C)c(O)c1Br. The van der Waals surface area contributed by atoms with E-state index in [1.165, 1.54) is 12.0 Å². The first-order valence-electron chi connectivity index (χ1n) is 11.0. The molecule has 1 aliphatic heterocycles. The third kappa shape index (κ3) is 3.74. The lowest BCUT2D eigenvalue weighted by molar-refractivity contribution is 0.202. The summed E-state index contributed by atoms with van der Waals surface area (Å²) in [7, 11) is 0. The number of fused-ring (bicyclic) bond motifs is 1. The average molecular weight is 592 g/mol. The van der Waals surface area contributed by atoms with Gasteiger partial charge < -0.3 is 10.2 Å². The fourth-order valence-electron chi connectivity index (χ4n) is 4.63. The third-order valence-corrected chi connectivity index (χ3v) is 9.36. The fourth-order valence-corrected chi connectivity index (χ4v) is 6.43. The Bertz CT molecular complexity index is 1180. The lowest BCUT2D eigenvalue weighted by Crippen LogP contribution is -2.31. The highest BCUT2D eigenvalue weighted by Gasteiger charge is 2.48. The van der Waals surface area contributed by atoms with E-state index in [0.29, 0.717) is 8.95 Å². The number of phenolic OH excluding ortho intramolecular Hbond substituents is 2. The molecule has 1 aliphatic rings. The number of phenols is 2. The van der Waals surface area contributed by atoms with Gasteiger partial charge in [-0.3, -0.25) is 4.18 Å². The van der Waals surface area contributed by atoms with Crippen LogP contribution in [0.15, 0.2) is 50.2 Å². The molecule has 0 radical (unpaired) electrons. The second kappa shape index (κ2) is 8.95. The monoisotopic (exact) mass is 590 g/mol. The standard InChI is InChI=1S/C27H28Br2O3S/c1-13(2)17-11-20(15(5)23(28)25(17)30)27(19-9-7-8-10-22(19)33-32-27)21-12-18(14(3)4)26(31)24(29)16(21)6/h7-14,30-31H,1-6H3. The van der Waals surface area contributed by atoms with E-state index in [1.54, 1.807) is 0 Å². The lowest BCUT2D eigenvalue weighted by atomic mass is 9.75. The smallest absolute Gasteiger partial charge is 0.160 e. The number of rotatable bonds is 4. The van der Waals surface area contributed by atoms with E-state index < -0.39 is 5.60 Å². The molecule has 0 bridgehead atoms. The molecule has 0 aliphatic carbocycles. The molecule has 3 aromatic rings. The maximum Gasteiger partial charge on any atom is 0.160 e. The van der Waals surface area contributed by atoms with Gasteiger partial charge >= 0.3 is 0 Å². The molecule has 0 atom stereocenters. The van der Waals surface area contributed by atoms with Crippen LogP contribution in [-0.2, 0) is 9.78 Å². The maximum atomic E-state index is 10.9. The van der Waals surface area contributed by atoms with Crippen molar-refractivity contribution in [1.29, 1.82) is 0 Å². The Kier molecular flexibility index (Phi) is 6.69. The molecule has 0 saturated carbocycles. The Labute approximate surface area is 217 Å². The van der Waals surface area contributed by atoms with Crippen LogP contribution in [0.4, 0.5) is 0 Å². The minimum atomic E-state index is -0.908. The van der Waals surface area contributed by atoms with E-state index in [-0.39, 0.29) is 23.3 Å². The van der Waals surface area contributed by atoms with Gasteiger partial charge in [0.2, 0.25) is 0 Å². The summed E-state index contributed by atoms with van der Waals surface area (Å²) < 4.78 is 8.08. The van der Waals surface area contributed by atoms with Crippen LogP contribution in [0, 0.1) is 13.8 Å². The quantitative estimate of drug-likeness (QED) is 0.298. The summed E-state index contributed by atoms with van der Waals surface area (Å²) in [6.07, 6.45) is 0. The number of aromatic hydroxyl groups is 2. The molecule has 6 heteroatoms. The molecule has 174 valence electrons. The molecule has 3 aromatic carbocycles. The fraction of sp³-hybridized carbons (Fsp3) is 0.333. The van der Waals surface area contributed by atoms with Crippen molar-refractivity contribution >= 4 is 43.9 Å². The number of hydrogen-bond donors (Lipinski definition) is 2. The topological polar surface area (TPSA) is 49.7 Å². The predicted octanol–water partition coefficient (Wildman–Crippen LogP) is 8.82. The molecule has 0 fully saturated rings. The molecule has 0 saturated heterocycles. The zero-order chi connectivity index (χ0) is 24.2. The summed E-state index contributed by atoms with van der Waals surface area (Å²) >= 11 is 8.68. The highest BCUT2D eigenvalue weighted by Crippen LogP contribution is 2.57. The maximum absolute atomic E-state index is 10.9. The first-order chi connectivity index (χ1) is 15.5. The van der Waals surface area contributed by atoms with Crippen LogP contribution in [0.25, 0.3) is 0 Å². The molecule has 33 heavy (non-hydrogen) atoms. The first-order valence-corrected chi connectivity index (χ1v) is 13.3. The average Bonchev–Trinajstić information content (AvgIpc) is 3.16. The molecule has 4 rings (SSSR count). The van der Waals surface area contributed by atoms with Crippen molar-refractivity contribution in [2.45, 2.75) is 63.9 Å². The van der Waals surface area contributed by atoms with Crippen LogP contribution in [-0.4, -0.2) is 10.2 Å². The van der Waals surface area contributed by atoms with Gasteiger partial charge in [-0.2, -0.15) is 0 Å². The van der Waals surface area contributed by atoms with E-state index in [0.717, 1.165) is 43.8 Å². The van der Waals surface area contributed by atoms with Crippen LogP contribution in [0.5, 0.6) is 11.5 Å². The Morgan fingerprint density at radius 2 is 1.24 bits per heavy atom. The van der Waals surface area contributed by atoms with Crippen molar-refractivity contribution in [3.8, 4) is 11.5 Å². The minimum Gasteiger partial charge on any atom is -0.506 e. The van der Waals surface area contributed by atoms with Crippen LogP contribution in [0.2, 0.25) is 0 Å². The molecule has 0 amide bonds. The number of hydrogen-bond acceptors (Lipinski definition) is 4. The van der Waals surface area contributed by atoms with Crippen molar-refractivity contribution in [1.82, 2.24) is 0 Å². The van der Waals surface area contributed by atoms with Crippen molar-refractivity contribution in [2.75, 3.05) is 0 Å². The zero-order valence-corrected chi connectivity index (χ0v) is 23.6. The second-order valence-corrected chi connectivity index (χ2v) is 11.6. The van der Waals surface area contributed by atoms with E-state index in [1.807, 2.05) is 26.0 Å². The Hall–Kier alpha value is -1.47. The van der Waals surface area contributed by atoms with Crippen molar-refractivity contribution in [3.05, 3.63) is 84.3 Å². The molecule has 2 N–H and O–H groups in total. The molecule has 0 spiro atoms. The van der Waals surface area contributed by atoms with Crippen LogP contribution < -0.4 is 0 Å². The Morgan fingerprint density at radius 1 is 0.788 bits per heavy atom. The summed E-state index contributed by atoms with van der Waals surface area (Å²) in [4.78, 5) is 1.06. The van der Waals surface area contributed by atoms with Gasteiger partial charge in [-0.15, -0.1) is 0 Å². The van der Waals surface area contributed by atoms with Gasteiger partial charge in [0.15, 0.2) is 5.60 Å². The van der Waals surface area contributed by atoms with Gasteiger partial charge in [0.05, 0.1) is 8.95 Å². The summed E-state index contributed by atoms with van der Waals surface area (Å²) in [5.74, 6) is 0.792. The number of halogens is 2. The summed E-state index contributed by atoms with van der Waals surface area (Å²) in [5, 5.41) is 21.8. The van der Waals surface area contributed by atoms with Gasteiger partial charge in [0, 0.05) is 22.5 Å².